The number of pyridine rings is 1. The van der Waals surface area contributed by atoms with Crippen LogP contribution in [-0.2, 0) is 16.2 Å². The molecule has 0 N–H and O–H groups in total. The molecule has 0 saturated carbocycles. The summed E-state index contributed by atoms with van der Waals surface area (Å²) in [7, 11) is 0. The van der Waals surface area contributed by atoms with Gasteiger partial charge < -0.3 is 0 Å². The molecule has 1 aromatic heterocycles. The van der Waals surface area contributed by atoms with Crippen LogP contribution in [0.4, 0.5) is 0 Å². The molecule has 5 aromatic rings. The highest BCUT2D eigenvalue weighted by atomic mass is 14.7. The highest BCUT2D eigenvalue weighted by Crippen LogP contribution is 2.40. The molecule has 0 bridgehead atoms. The lowest BCUT2D eigenvalue weighted by Crippen LogP contribution is -2.11. The van der Waals surface area contributed by atoms with Crippen molar-refractivity contribution in [2.75, 3.05) is 0 Å². The fourth-order valence-corrected chi connectivity index (χ4v) is 5.15. The predicted octanol–water partition coefficient (Wildman–Crippen LogP) is 10.1. The molecule has 1 heterocycles. The Bertz CT molecular complexity index is 1570. The van der Waals surface area contributed by atoms with Gasteiger partial charge in [-0.3, -0.25) is 4.98 Å². The van der Waals surface area contributed by atoms with Crippen molar-refractivity contribution in [2.45, 2.75) is 78.6 Å². The molecule has 0 atom stereocenters. The summed E-state index contributed by atoms with van der Waals surface area (Å²) in [5.74, 6) is 0. The fourth-order valence-electron chi connectivity index (χ4n) is 5.15. The topological polar surface area (TPSA) is 12.9 Å². The van der Waals surface area contributed by atoms with Gasteiger partial charge in [0, 0.05) is 11.8 Å². The van der Waals surface area contributed by atoms with E-state index in [2.05, 4.69) is 129 Å². The molecule has 184 valence electrons. The zero-order valence-electron chi connectivity index (χ0n) is 23.4. The molecule has 0 aliphatic heterocycles. The van der Waals surface area contributed by atoms with Crippen LogP contribution in [0, 0.1) is 0 Å². The standard InChI is InChI=1S/C35H39N/c1-33(2,3)23-11-14-27-29-18-22(32-21-25(16-17-36-32)35(7,8)9)10-13-26(29)30-19-24(34(4,5)6)12-15-28(30)31(27)20-23/h10-21H,1-9H3. The lowest BCUT2D eigenvalue weighted by Gasteiger charge is -2.23. The molecule has 0 aliphatic carbocycles. The Balaban J connectivity index is 1.87. The van der Waals surface area contributed by atoms with Crippen molar-refractivity contribution in [3.63, 3.8) is 0 Å². The Hall–Kier alpha value is -3.19. The van der Waals surface area contributed by atoms with E-state index in [1.165, 1.54) is 54.6 Å². The maximum Gasteiger partial charge on any atom is 0.0705 e. The number of benzene rings is 4. The van der Waals surface area contributed by atoms with Gasteiger partial charge in [-0.1, -0.05) is 98.7 Å². The van der Waals surface area contributed by atoms with E-state index in [0.29, 0.717) is 0 Å². The van der Waals surface area contributed by atoms with Crippen LogP contribution in [0.25, 0.3) is 43.6 Å². The van der Waals surface area contributed by atoms with Crippen molar-refractivity contribution in [2.24, 2.45) is 0 Å². The van der Waals surface area contributed by atoms with Gasteiger partial charge in [0.1, 0.15) is 0 Å². The van der Waals surface area contributed by atoms with E-state index < -0.39 is 0 Å². The number of hydrogen-bond donors (Lipinski definition) is 0. The summed E-state index contributed by atoms with van der Waals surface area (Å²) < 4.78 is 0. The van der Waals surface area contributed by atoms with Crippen molar-refractivity contribution in [1.29, 1.82) is 0 Å². The monoisotopic (exact) mass is 473 g/mol. The Morgan fingerprint density at radius 2 is 0.833 bits per heavy atom. The molecule has 0 amide bonds. The summed E-state index contributed by atoms with van der Waals surface area (Å²) in [6.45, 7) is 20.5. The first-order valence-corrected chi connectivity index (χ1v) is 13.1. The van der Waals surface area contributed by atoms with Gasteiger partial charge in [-0.05, 0) is 95.6 Å². The third-order valence-corrected chi connectivity index (χ3v) is 7.58. The molecule has 4 aromatic carbocycles. The van der Waals surface area contributed by atoms with E-state index in [1.807, 2.05) is 6.20 Å². The normalized spacial score (nSPS) is 13.1. The summed E-state index contributed by atoms with van der Waals surface area (Å²) in [5, 5.41) is 7.91. The SMILES string of the molecule is CC(C)(C)c1ccnc(-c2ccc3c(c2)c2ccc(C(C)(C)C)cc2c2ccc(C(C)(C)C)cc32)c1. The third kappa shape index (κ3) is 4.30. The first-order valence-electron chi connectivity index (χ1n) is 13.1. The van der Waals surface area contributed by atoms with Crippen LogP contribution < -0.4 is 0 Å². The van der Waals surface area contributed by atoms with E-state index in [1.54, 1.807) is 0 Å². The van der Waals surface area contributed by atoms with Crippen molar-refractivity contribution < 1.29 is 0 Å². The zero-order valence-corrected chi connectivity index (χ0v) is 23.4. The highest BCUT2D eigenvalue weighted by molar-refractivity contribution is 6.26. The molecule has 1 nitrogen and oxygen atoms in total. The predicted molar refractivity (Wildman–Crippen MR) is 158 cm³/mol. The first-order chi connectivity index (χ1) is 16.7. The molecule has 5 rings (SSSR count). The van der Waals surface area contributed by atoms with E-state index in [4.69, 9.17) is 4.98 Å². The van der Waals surface area contributed by atoms with E-state index >= 15 is 0 Å². The number of aromatic nitrogens is 1. The number of hydrogen-bond acceptors (Lipinski definition) is 1. The Kier molecular flexibility index (Phi) is 5.56. The average molecular weight is 474 g/mol. The summed E-state index contributed by atoms with van der Waals surface area (Å²) >= 11 is 0. The lowest BCUT2D eigenvalue weighted by atomic mass is 9.82. The van der Waals surface area contributed by atoms with Gasteiger partial charge in [0.25, 0.3) is 0 Å². The number of fused-ring (bicyclic) bond motifs is 6. The smallest absolute Gasteiger partial charge is 0.0705 e. The Morgan fingerprint density at radius 3 is 1.31 bits per heavy atom. The van der Waals surface area contributed by atoms with Crippen LogP contribution in [0.1, 0.15) is 79.0 Å². The average Bonchev–Trinajstić information content (AvgIpc) is 2.81. The van der Waals surface area contributed by atoms with E-state index in [0.717, 1.165) is 5.69 Å². The minimum atomic E-state index is 0.0875. The van der Waals surface area contributed by atoms with Crippen LogP contribution in [0.5, 0.6) is 0 Å². The minimum absolute atomic E-state index is 0.0875. The van der Waals surface area contributed by atoms with Crippen LogP contribution in [0.3, 0.4) is 0 Å². The van der Waals surface area contributed by atoms with Gasteiger partial charge in [0.2, 0.25) is 0 Å². The van der Waals surface area contributed by atoms with Crippen LogP contribution in [-0.4, -0.2) is 4.98 Å². The highest BCUT2D eigenvalue weighted by Gasteiger charge is 2.20. The molecule has 0 unspecified atom stereocenters. The van der Waals surface area contributed by atoms with Crippen LogP contribution in [0.2, 0.25) is 0 Å². The largest absolute Gasteiger partial charge is 0.256 e. The van der Waals surface area contributed by atoms with Crippen LogP contribution >= 0.6 is 0 Å². The van der Waals surface area contributed by atoms with Crippen molar-refractivity contribution in [3.05, 3.63) is 89.6 Å². The second kappa shape index (κ2) is 8.17. The number of nitrogens with zero attached hydrogens (tertiary/aromatic N) is 1. The summed E-state index contributed by atoms with van der Waals surface area (Å²) in [6.07, 6.45) is 1.95. The molecular weight excluding hydrogens is 434 g/mol. The second-order valence-electron chi connectivity index (χ2n) is 13.5. The Morgan fingerprint density at radius 1 is 0.417 bits per heavy atom. The second-order valence-corrected chi connectivity index (χ2v) is 13.5. The lowest BCUT2D eigenvalue weighted by molar-refractivity contribution is 0.589. The van der Waals surface area contributed by atoms with Crippen molar-refractivity contribution >= 4 is 32.3 Å². The van der Waals surface area contributed by atoms with Gasteiger partial charge in [0.15, 0.2) is 0 Å². The molecule has 0 spiro atoms. The molecule has 0 aliphatic rings. The molecule has 0 radical (unpaired) electrons. The van der Waals surface area contributed by atoms with Crippen LogP contribution in [0.15, 0.2) is 72.9 Å². The summed E-state index contributed by atoms with van der Waals surface area (Å²) in [6, 6.07) is 25.4. The van der Waals surface area contributed by atoms with E-state index in [9.17, 15) is 0 Å². The molecule has 0 saturated heterocycles. The van der Waals surface area contributed by atoms with Gasteiger partial charge in [-0.25, -0.2) is 0 Å². The molecule has 1 heteroatoms. The van der Waals surface area contributed by atoms with Gasteiger partial charge in [-0.2, -0.15) is 0 Å². The third-order valence-electron chi connectivity index (χ3n) is 7.58. The molecular formula is C35H39N. The first kappa shape index (κ1) is 24.5. The summed E-state index contributed by atoms with van der Waals surface area (Å²) in [4.78, 5) is 4.77. The minimum Gasteiger partial charge on any atom is -0.256 e. The summed E-state index contributed by atoms with van der Waals surface area (Å²) in [5.41, 5.74) is 6.52. The van der Waals surface area contributed by atoms with Crippen molar-refractivity contribution in [3.8, 4) is 11.3 Å². The maximum absolute atomic E-state index is 4.77. The fraction of sp³-hybridized carbons (Fsp3) is 0.343. The molecule has 0 fully saturated rings. The Labute approximate surface area is 216 Å². The van der Waals surface area contributed by atoms with Gasteiger partial charge in [0.05, 0.1) is 5.69 Å². The van der Waals surface area contributed by atoms with Gasteiger partial charge in [-0.15, -0.1) is 0 Å². The van der Waals surface area contributed by atoms with Gasteiger partial charge >= 0.3 is 0 Å². The zero-order chi connectivity index (χ0) is 26.0. The van der Waals surface area contributed by atoms with E-state index in [-0.39, 0.29) is 16.2 Å². The quantitative estimate of drug-likeness (QED) is 0.221. The molecule has 36 heavy (non-hydrogen) atoms. The number of rotatable bonds is 1. The maximum atomic E-state index is 4.77. The van der Waals surface area contributed by atoms with Crippen molar-refractivity contribution in [1.82, 2.24) is 4.98 Å².